The van der Waals surface area contributed by atoms with Crippen LogP contribution in [0.2, 0.25) is 5.02 Å². The van der Waals surface area contributed by atoms with Gasteiger partial charge in [-0.3, -0.25) is 4.79 Å². The van der Waals surface area contributed by atoms with Crippen molar-refractivity contribution in [3.63, 3.8) is 0 Å². The van der Waals surface area contributed by atoms with Crippen LogP contribution in [0.15, 0.2) is 29.4 Å². The molecular weight excluding hydrogens is 363 g/mol. The molecule has 24 heavy (non-hydrogen) atoms. The van der Waals surface area contributed by atoms with Crippen LogP contribution in [0.3, 0.4) is 0 Å². The van der Waals surface area contributed by atoms with Crippen molar-refractivity contribution in [2.75, 3.05) is 0 Å². The van der Waals surface area contributed by atoms with Crippen LogP contribution in [0.5, 0.6) is 0 Å². The van der Waals surface area contributed by atoms with Crippen molar-refractivity contribution in [3.8, 4) is 0 Å². The number of ether oxygens (including phenoxy) is 1. The summed E-state index contributed by atoms with van der Waals surface area (Å²) in [7, 11) is 0. The van der Waals surface area contributed by atoms with Gasteiger partial charge in [-0.25, -0.2) is 4.74 Å². The Balaban J connectivity index is 2.44. The first kappa shape index (κ1) is 18.6. The zero-order valence-corrected chi connectivity index (χ0v) is 12.7. The number of aliphatic hydroxyl groups is 1. The monoisotopic (exact) mass is 372 g/mol. The molecule has 11 heteroatoms. The highest BCUT2D eigenvalue weighted by atomic mass is 35.5. The number of rotatable bonds is 3. The first-order chi connectivity index (χ1) is 10.9. The van der Waals surface area contributed by atoms with Gasteiger partial charge in [0.2, 0.25) is 0 Å². The van der Waals surface area contributed by atoms with E-state index >= 15 is 0 Å². The maximum absolute atomic E-state index is 13.9. The van der Waals surface area contributed by atoms with Crippen LogP contribution in [0.25, 0.3) is 0 Å². The van der Waals surface area contributed by atoms with Crippen LogP contribution in [-0.2, 0) is 4.74 Å². The number of hydrogen-bond acceptors (Lipinski definition) is 4. The smallest absolute Gasteiger partial charge is 0.362 e. The van der Waals surface area contributed by atoms with Gasteiger partial charge in [0.1, 0.15) is 0 Å². The molecular formula is C13H10ClF5N2O3. The standard InChI is InChI=1S/C13H10ClF5N2O3/c1-7-6-11(23,12(15,16)24-13(17,18)19)21(20-7)10(22)8-4-2-3-5-9(8)14/h2-5,23H,6H2,1H3/t11-/m1/s1. The summed E-state index contributed by atoms with van der Waals surface area (Å²) in [6.45, 7) is 1.16. The molecule has 1 aliphatic rings. The third-order valence-corrected chi connectivity index (χ3v) is 3.46. The highest BCUT2D eigenvalue weighted by Gasteiger charge is 2.66. The molecule has 1 aromatic carbocycles. The first-order valence-corrected chi connectivity index (χ1v) is 6.75. The van der Waals surface area contributed by atoms with E-state index in [1.165, 1.54) is 18.2 Å². The lowest BCUT2D eigenvalue weighted by molar-refractivity contribution is -0.468. The van der Waals surface area contributed by atoms with E-state index in [-0.39, 0.29) is 21.3 Å². The van der Waals surface area contributed by atoms with E-state index in [4.69, 9.17) is 11.6 Å². The summed E-state index contributed by atoms with van der Waals surface area (Å²) in [5.74, 6) is -1.30. The zero-order chi connectivity index (χ0) is 18.3. The Morgan fingerprint density at radius 1 is 1.33 bits per heavy atom. The Labute approximate surface area is 137 Å². The fourth-order valence-electron chi connectivity index (χ4n) is 2.14. The van der Waals surface area contributed by atoms with Crippen molar-refractivity contribution >= 4 is 23.2 Å². The molecule has 1 aromatic rings. The number of benzene rings is 1. The van der Waals surface area contributed by atoms with Crippen molar-refractivity contribution in [3.05, 3.63) is 34.9 Å². The summed E-state index contributed by atoms with van der Waals surface area (Å²) in [5, 5.41) is 13.2. The maximum atomic E-state index is 13.9. The van der Waals surface area contributed by atoms with Gasteiger partial charge in [-0.2, -0.15) is 18.9 Å². The third kappa shape index (κ3) is 3.35. The molecule has 5 nitrogen and oxygen atoms in total. The lowest BCUT2D eigenvalue weighted by atomic mass is 10.1. The first-order valence-electron chi connectivity index (χ1n) is 6.38. The zero-order valence-electron chi connectivity index (χ0n) is 11.9. The number of alkyl halides is 5. The van der Waals surface area contributed by atoms with Gasteiger partial charge < -0.3 is 5.11 Å². The Kier molecular flexibility index (Phi) is 4.59. The molecule has 0 saturated carbocycles. The van der Waals surface area contributed by atoms with E-state index < -0.39 is 30.5 Å². The largest absolute Gasteiger partial charge is 0.527 e. The van der Waals surface area contributed by atoms with Crippen molar-refractivity contribution in [2.45, 2.75) is 31.5 Å². The Morgan fingerprint density at radius 3 is 2.46 bits per heavy atom. The van der Waals surface area contributed by atoms with Gasteiger partial charge in [-0.15, -0.1) is 13.2 Å². The molecule has 0 aromatic heterocycles. The van der Waals surface area contributed by atoms with E-state index in [1.807, 2.05) is 0 Å². The van der Waals surface area contributed by atoms with Gasteiger partial charge in [-0.05, 0) is 19.1 Å². The van der Waals surface area contributed by atoms with E-state index in [0.717, 1.165) is 13.0 Å². The number of nitrogens with zero attached hydrogens (tertiary/aromatic N) is 2. The third-order valence-electron chi connectivity index (χ3n) is 3.13. The van der Waals surface area contributed by atoms with Gasteiger partial charge in [0.05, 0.1) is 10.6 Å². The van der Waals surface area contributed by atoms with Crippen molar-refractivity contribution in [1.82, 2.24) is 5.01 Å². The molecule has 132 valence electrons. The second kappa shape index (κ2) is 5.94. The topological polar surface area (TPSA) is 62.1 Å². The molecule has 0 aliphatic carbocycles. The van der Waals surface area contributed by atoms with E-state index in [1.54, 1.807) is 0 Å². The highest BCUT2D eigenvalue weighted by molar-refractivity contribution is 6.33. The molecule has 2 rings (SSSR count). The lowest BCUT2D eigenvalue weighted by Crippen LogP contribution is -2.61. The summed E-state index contributed by atoms with van der Waals surface area (Å²) in [6, 6.07) is 5.22. The van der Waals surface area contributed by atoms with Crippen molar-refractivity contribution in [1.29, 1.82) is 0 Å². The molecule has 1 atom stereocenters. The molecule has 1 N–H and O–H groups in total. The molecule has 1 aliphatic heterocycles. The fourth-order valence-corrected chi connectivity index (χ4v) is 2.35. The van der Waals surface area contributed by atoms with Gasteiger partial charge in [-0.1, -0.05) is 23.7 Å². The normalized spacial score (nSPS) is 21.8. The van der Waals surface area contributed by atoms with Crippen molar-refractivity contribution < 1.29 is 36.6 Å². The number of amides is 1. The number of hydrogen-bond donors (Lipinski definition) is 1. The summed E-state index contributed by atoms with van der Waals surface area (Å²) in [4.78, 5) is 12.3. The number of hydrazone groups is 1. The predicted octanol–water partition coefficient (Wildman–Crippen LogP) is 3.38. The van der Waals surface area contributed by atoms with Crippen LogP contribution in [0.1, 0.15) is 23.7 Å². The second-order valence-corrected chi connectivity index (χ2v) is 5.40. The van der Waals surface area contributed by atoms with Crippen LogP contribution < -0.4 is 0 Å². The minimum Gasteiger partial charge on any atom is -0.362 e. The van der Waals surface area contributed by atoms with Crippen LogP contribution in [0.4, 0.5) is 22.0 Å². The van der Waals surface area contributed by atoms with Gasteiger partial charge >= 0.3 is 12.5 Å². The van der Waals surface area contributed by atoms with E-state index in [0.29, 0.717) is 0 Å². The number of carbonyl (C=O) groups excluding carboxylic acids is 1. The lowest BCUT2D eigenvalue weighted by Gasteiger charge is -2.36. The Morgan fingerprint density at radius 2 is 1.92 bits per heavy atom. The minimum atomic E-state index is -5.74. The SMILES string of the molecule is CC1=NN(C(=O)c2ccccc2Cl)[C@](O)(C(F)(F)OC(F)(F)F)C1. The molecule has 0 fully saturated rings. The summed E-state index contributed by atoms with van der Waals surface area (Å²) in [6.07, 6.45) is -11.9. The molecule has 1 amide bonds. The molecule has 0 saturated heterocycles. The summed E-state index contributed by atoms with van der Waals surface area (Å²) < 4.78 is 67.2. The Bertz CT molecular complexity index is 694. The highest BCUT2D eigenvalue weighted by Crippen LogP contribution is 2.44. The average Bonchev–Trinajstić information content (AvgIpc) is 2.73. The van der Waals surface area contributed by atoms with Crippen LogP contribution in [-0.4, -0.2) is 39.9 Å². The van der Waals surface area contributed by atoms with Crippen LogP contribution >= 0.6 is 11.6 Å². The average molecular weight is 373 g/mol. The molecule has 0 bridgehead atoms. The predicted molar refractivity (Wildman–Crippen MR) is 72.4 cm³/mol. The van der Waals surface area contributed by atoms with Crippen LogP contribution in [0, 0.1) is 0 Å². The number of halogens is 6. The second-order valence-electron chi connectivity index (χ2n) is 4.99. The molecule has 0 unspecified atom stereocenters. The molecule has 0 spiro atoms. The van der Waals surface area contributed by atoms with Gasteiger partial charge in [0.25, 0.3) is 11.6 Å². The van der Waals surface area contributed by atoms with Crippen molar-refractivity contribution in [2.24, 2.45) is 5.10 Å². The summed E-state index contributed by atoms with van der Waals surface area (Å²) in [5.41, 5.74) is -4.16. The number of carbonyl (C=O) groups is 1. The van der Waals surface area contributed by atoms with Gasteiger partial charge in [0.15, 0.2) is 0 Å². The maximum Gasteiger partial charge on any atom is 0.527 e. The quantitative estimate of drug-likeness (QED) is 0.827. The van der Waals surface area contributed by atoms with E-state index in [9.17, 15) is 31.9 Å². The Hall–Kier alpha value is -1.78. The molecule has 0 radical (unpaired) electrons. The summed E-state index contributed by atoms with van der Waals surface area (Å²) >= 11 is 5.77. The molecule has 1 heterocycles. The minimum absolute atomic E-state index is 0.144. The van der Waals surface area contributed by atoms with E-state index in [2.05, 4.69) is 9.84 Å². The fraction of sp³-hybridized carbons (Fsp3) is 0.385. The van der Waals surface area contributed by atoms with Gasteiger partial charge in [0, 0.05) is 12.1 Å².